The molecule has 0 amide bonds. The summed E-state index contributed by atoms with van der Waals surface area (Å²) in [6.45, 7) is 1.57. The lowest BCUT2D eigenvalue weighted by atomic mass is 9.90. The zero-order chi connectivity index (χ0) is 19.7. The highest BCUT2D eigenvalue weighted by Crippen LogP contribution is 2.35. The average molecular weight is 389 g/mol. The lowest BCUT2D eigenvalue weighted by Crippen LogP contribution is -2.34. The summed E-state index contributed by atoms with van der Waals surface area (Å²) in [6.07, 6.45) is 3.08. The van der Waals surface area contributed by atoms with E-state index in [1.165, 1.54) is 30.5 Å². The molecule has 28 heavy (non-hydrogen) atoms. The molecule has 3 nitrogen and oxygen atoms in total. The van der Waals surface area contributed by atoms with Crippen LogP contribution in [0.4, 0.5) is 17.6 Å². The van der Waals surface area contributed by atoms with Crippen molar-refractivity contribution in [1.82, 2.24) is 15.1 Å². The van der Waals surface area contributed by atoms with Gasteiger partial charge in [-0.25, -0.2) is 17.6 Å². The maximum absolute atomic E-state index is 14.2. The van der Waals surface area contributed by atoms with Gasteiger partial charge in [0.2, 0.25) is 0 Å². The largest absolute Gasteiger partial charge is 0.298 e. The maximum Gasteiger partial charge on any atom is 0.163 e. The Balaban J connectivity index is 1.58. The van der Waals surface area contributed by atoms with E-state index >= 15 is 0 Å². The third kappa shape index (κ3) is 3.54. The standard InChI is InChI=1S/C21H19F4N3/c22-16-6-2-7-17(23)19(16)15-10-26-27-21(15)14-5-3-9-28(12-14)11-13-4-1-8-18(24)20(13)25/h1-2,4,6-8,10,14H,3,5,9,11-12H2,(H,26,27)/t14-/m1/s1. The van der Waals surface area contributed by atoms with Gasteiger partial charge in [0.1, 0.15) is 11.6 Å². The number of aromatic amines is 1. The summed E-state index contributed by atoms with van der Waals surface area (Å²) >= 11 is 0. The summed E-state index contributed by atoms with van der Waals surface area (Å²) in [7, 11) is 0. The molecule has 1 aliphatic heterocycles. The Kier molecular flexibility index (Phi) is 5.17. The number of rotatable bonds is 4. The predicted molar refractivity (Wildman–Crippen MR) is 97.5 cm³/mol. The topological polar surface area (TPSA) is 31.9 Å². The molecule has 4 rings (SSSR count). The van der Waals surface area contributed by atoms with Gasteiger partial charge in [0.05, 0.1) is 11.8 Å². The van der Waals surface area contributed by atoms with E-state index in [0.29, 0.717) is 23.4 Å². The van der Waals surface area contributed by atoms with E-state index in [1.54, 1.807) is 6.07 Å². The van der Waals surface area contributed by atoms with E-state index in [0.717, 1.165) is 25.5 Å². The molecule has 1 saturated heterocycles. The highest BCUT2D eigenvalue weighted by molar-refractivity contribution is 5.67. The van der Waals surface area contributed by atoms with Crippen molar-refractivity contribution in [1.29, 1.82) is 0 Å². The van der Waals surface area contributed by atoms with E-state index in [2.05, 4.69) is 10.2 Å². The fourth-order valence-corrected chi connectivity index (χ4v) is 3.91. The van der Waals surface area contributed by atoms with Gasteiger partial charge in [-0.3, -0.25) is 10.00 Å². The number of nitrogens with one attached hydrogen (secondary N) is 1. The molecule has 3 aromatic rings. The van der Waals surface area contributed by atoms with Gasteiger partial charge in [-0.15, -0.1) is 0 Å². The molecule has 2 heterocycles. The summed E-state index contributed by atoms with van der Waals surface area (Å²) in [6, 6.07) is 7.91. The summed E-state index contributed by atoms with van der Waals surface area (Å²) in [5.41, 5.74) is 1.26. The number of likely N-dealkylation sites (tertiary alicyclic amines) is 1. The minimum Gasteiger partial charge on any atom is -0.298 e. The van der Waals surface area contributed by atoms with Gasteiger partial charge in [0.15, 0.2) is 11.6 Å². The molecule has 1 atom stereocenters. The fraction of sp³-hybridized carbons (Fsp3) is 0.286. The summed E-state index contributed by atoms with van der Waals surface area (Å²) in [5, 5.41) is 6.89. The maximum atomic E-state index is 14.2. The molecular weight excluding hydrogens is 370 g/mol. The molecule has 1 fully saturated rings. The zero-order valence-electron chi connectivity index (χ0n) is 15.1. The molecule has 0 radical (unpaired) electrons. The molecule has 146 valence electrons. The Hall–Kier alpha value is -2.67. The minimum atomic E-state index is -0.864. The molecule has 2 aromatic carbocycles. The highest BCUT2D eigenvalue weighted by atomic mass is 19.2. The molecule has 0 saturated carbocycles. The molecule has 0 spiro atoms. The first kappa shape index (κ1) is 18.7. The molecular formula is C21H19F4N3. The second kappa shape index (κ2) is 7.75. The Labute approximate surface area is 160 Å². The molecule has 1 aliphatic rings. The van der Waals surface area contributed by atoms with Gasteiger partial charge in [-0.2, -0.15) is 5.10 Å². The molecule has 1 N–H and O–H groups in total. The Bertz CT molecular complexity index is 965. The van der Waals surface area contributed by atoms with E-state index < -0.39 is 23.3 Å². The number of aromatic nitrogens is 2. The third-order valence-electron chi connectivity index (χ3n) is 5.24. The summed E-state index contributed by atoms with van der Waals surface area (Å²) in [5.74, 6) is -3.02. The van der Waals surface area contributed by atoms with E-state index in [9.17, 15) is 17.6 Å². The number of benzene rings is 2. The lowest BCUT2D eigenvalue weighted by molar-refractivity contribution is 0.196. The SMILES string of the molecule is Fc1cccc(CN2CCC[C@@H](c3[nH]ncc3-c3c(F)cccc3F)C2)c1F. The van der Waals surface area contributed by atoms with Crippen molar-refractivity contribution in [3.05, 3.63) is 77.1 Å². The monoisotopic (exact) mass is 389 g/mol. The van der Waals surface area contributed by atoms with Crippen molar-refractivity contribution >= 4 is 0 Å². The van der Waals surface area contributed by atoms with Crippen molar-refractivity contribution in [3.63, 3.8) is 0 Å². The zero-order valence-corrected chi connectivity index (χ0v) is 15.1. The number of halogens is 4. The van der Waals surface area contributed by atoms with Crippen molar-refractivity contribution < 1.29 is 17.6 Å². The van der Waals surface area contributed by atoms with Crippen LogP contribution in [0.15, 0.2) is 42.6 Å². The van der Waals surface area contributed by atoms with Crippen LogP contribution in [0.2, 0.25) is 0 Å². The van der Waals surface area contributed by atoms with E-state index in [4.69, 9.17) is 0 Å². The average Bonchev–Trinajstić information content (AvgIpc) is 3.15. The quantitative estimate of drug-likeness (QED) is 0.636. The molecule has 7 heteroatoms. The van der Waals surface area contributed by atoms with Gasteiger partial charge in [0, 0.05) is 35.8 Å². The van der Waals surface area contributed by atoms with Crippen LogP contribution in [0.25, 0.3) is 11.1 Å². The van der Waals surface area contributed by atoms with Gasteiger partial charge in [-0.1, -0.05) is 18.2 Å². The number of hydrogen-bond acceptors (Lipinski definition) is 2. The second-order valence-corrected chi connectivity index (χ2v) is 7.08. The second-order valence-electron chi connectivity index (χ2n) is 7.08. The Morgan fingerprint density at radius 2 is 1.71 bits per heavy atom. The van der Waals surface area contributed by atoms with Crippen molar-refractivity contribution in [2.45, 2.75) is 25.3 Å². The van der Waals surface area contributed by atoms with Crippen LogP contribution in [-0.2, 0) is 6.54 Å². The smallest absolute Gasteiger partial charge is 0.163 e. The third-order valence-corrected chi connectivity index (χ3v) is 5.24. The van der Waals surface area contributed by atoms with Crippen LogP contribution in [0.1, 0.15) is 30.0 Å². The van der Waals surface area contributed by atoms with Gasteiger partial charge < -0.3 is 0 Å². The Morgan fingerprint density at radius 3 is 2.50 bits per heavy atom. The van der Waals surface area contributed by atoms with Crippen molar-refractivity contribution in [3.8, 4) is 11.1 Å². The molecule has 0 unspecified atom stereocenters. The molecule has 1 aromatic heterocycles. The lowest BCUT2D eigenvalue weighted by Gasteiger charge is -2.32. The van der Waals surface area contributed by atoms with Crippen LogP contribution < -0.4 is 0 Å². The van der Waals surface area contributed by atoms with Crippen LogP contribution in [0.3, 0.4) is 0 Å². The van der Waals surface area contributed by atoms with E-state index in [1.807, 2.05) is 4.90 Å². The molecule has 0 aliphatic carbocycles. The first-order valence-corrected chi connectivity index (χ1v) is 9.17. The normalized spacial score (nSPS) is 17.8. The predicted octanol–water partition coefficient (Wildman–Crippen LogP) is 5.01. The number of nitrogens with zero attached hydrogens (tertiary/aromatic N) is 2. The Morgan fingerprint density at radius 1 is 1.00 bits per heavy atom. The highest BCUT2D eigenvalue weighted by Gasteiger charge is 2.27. The minimum absolute atomic E-state index is 0.0399. The van der Waals surface area contributed by atoms with Gasteiger partial charge in [-0.05, 0) is 37.6 Å². The first-order chi connectivity index (χ1) is 13.5. The van der Waals surface area contributed by atoms with Gasteiger partial charge >= 0.3 is 0 Å². The van der Waals surface area contributed by atoms with Crippen LogP contribution >= 0.6 is 0 Å². The summed E-state index contributed by atoms with van der Waals surface area (Å²) < 4.78 is 55.9. The number of H-pyrrole nitrogens is 1. The van der Waals surface area contributed by atoms with Crippen LogP contribution in [-0.4, -0.2) is 28.2 Å². The summed E-state index contributed by atoms with van der Waals surface area (Å²) in [4.78, 5) is 2.02. The van der Waals surface area contributed by atoms with Crippen molar-refractivity contribution in [2.75, 3.05) is 13.1 Å². The first-order valence-electron chi connectivity index (χ1n) is 9.17. The number of hydrogen-bond donors (Lipinski definition) is 1. The fourth-order valence-electron chi connectivity index (χ4n) is 3.91. The molecule has 0 bridgehead atoms. The van der Waals surface area contributed by atoms with Crippen molar-refractivity contribution in [2.24, 2.45) is 0 Å². The van der Waals surface area contributed by atoms with E-state index in [-0.39, 0.29) is 18.0 Å². The van der Waals surface area contributed by atoms with Gasteiger partial charge in [0.25, 0.3) is 0 Å². The van der Waals surface area contributed by atoms with Crippen LogP contribution in [0.5, 0.6) is 0 Å². The number of piperidine rings is 1. The van der Waals surface area contributed by atoms with Crippen LogP contribution in [0, 0.1) is 23.3 Å².